The molecule has 1 N–H and O–H groups in total. The second kappa shape index (κ2) is 4.43. The number of aliphatic hydroxyl groups excluding tert-OH is 1. The van der Waals surface area contributed by atoms with Gasteiger partial charge in [-0.25, -0.2) is 0 Å². The van der Waals surface area contributed by atoms with E-state index >= 15 is 0 Å². The summed E-state index contributed by atoms with van der Waals surface area (Å²) in [6.07, 6.45) is 7.48. The minimum absolute atomic E-state index is 0.311. The summed E-state index contributed by atoms with van der Waals surface area (Å²) in [5, 5.41) is 10.1. The Morgan fingerprint density at radius 1 is 1.21 bits per heavy atom. The van der Waals surface area contributed by atoms with Crippen molar-refractivity contribution in [1.29, 1.82) is 0 Å². The van der Waals surface area contributed by atoms with Crippen LogP contribution in [0.15, 0.2) is 42.5 Å². The van der Waals surface area contributed by atoms with E-state index in [2.05, 4.69) is 12.2 Å². The van der Waals surface area contributed by atoms with E-state index in [4.69, 9.17) is 0 Å². The Kier molecular flexibility index (Phi) is 3.00. The Bertz CT molecular complexity index is 302. The van der Waals surface area contributed by atoms with E-state index in [1.165, 1.54) is 6.42 Å². The Hall–Kier alpha value is -1.08. The van der Waals surface area contributed by atoms with E-state index < -0.39 is 0 Å². The van der Waals surface area contributed by atoms with Crippen LogP contribution in [0.4, 0.5) is 0 Å². The predicted molar refractivity (Wildman–Crippen MR) is 57.9 cm³/mol. The van der Waals surface area contributed by atoms with Crippen LogP contribution in [0.1, 0.15) is 30.9 Å². The molecule has 1 nitrogen and oxygen atoms in total. The zero-order chi connectivity index (χ0) is 9.80. The summed E-state index contributed by atoms with van der Waals surface area (Å²) in [6, 6.07) is 9.92. The van der Waals surface area contributed by atoms with Crippen molar-refractivity contribution in [3.63, 3.8) is 0 Å². The van der Waals surface area contributed by atoms with Crippen LogP contribution in [0, 0.1) is 5.92 Å². The van der Waals surface area contributed by atoms with Gasteiger partial charge in [0.25, 0.3) is 0 Å². The molecule has 0 aromatic heterocycles. The molecule has 1 heteroatoms. The van der Waals surface area contributed by atoms with E-state index in [9.17, 15) is 5.11 Å². The van der Waals surface area contributed by atoms with Gasteiger partial charge in [0.1, 0.15) is 0 Å². The van der Waals surface area contributed by atoms with Crippen LogP contribution in [0.3, 0.4) is 0 Å². The Morgan fingerprint density at radius 2 is 2.00 bits per heavy atom. The molecule has 0 amide bonds. The first kappa shape index (κ1) is 9.47. The summed E-state index contributed by atoms with van der Waals surface area (Å²) in [4.78, 5) is 0. The van der Waals surface area contributed by atoms with Gasteiger partial charge < -0.3 is 5.11 Å². The van der Waals surface area contributed by atoms with Crippen LogP contribution in [0.2, 0.25) is 0 Å². The van der Waals surface area contributed by atoms with Crippen molar-refractivity contribution >= 4 is 0 Å². The van der Waals surface area contributed by atoms with Crippen molar-refractivity contribution in [1.82, 2.24) is 0 Å². The summed E-state index contributed by atoms with van der Waals surface area (Å²) in [5.74, 6) is 0.311. The highest BCUT2D eigenvalue weighted by Crippen LogP contribution is 2.29. The topological polar surface area (TPSA) is 20.2 Å². The van der Waals surface area contributed by atoms with Gasteiger partial charge >= 0.3 is 0 Å². The van der Waals surface area contributed by atoms with Crippen LogP contribution in [0.25, 0.3) is 0 Å². The van der Waals surface area contributed by atoms with E-state index in [-0.39, 0.29) is 6.10 Å². The van der Waals surface area contributed by atoms with E-state index in [0.29, 0.717) is 5.92 Å². The smallest absolute Gasteiger partial charge is 0.0852 e. The van der Waals surface area contributed by atoms with Crippen molar-refractivity contribution < 1.29 is 5.11 Å². The highest BCUT2D eigenvalue weighted by Gasteiger charge is 2.19. The Labute approximate surface area is 85.1 Å². The fraction of sp³-hybridized carbons (Fsp3) is 0.385. The number of hydrogen-bond donors (Lipinski definition) is 1. The molecule has 0 saturated carbocycles. The van der Waals surface area contributed by atoms with Crippen LogP contribution >= 0.6 is 0 Å². The summed E-state index contributed by atoms with van der Waals surface area (Å²) in [6.45, 7) is 0. The molecule has 74 valence electrons. The minimum atomic E-state index is -0.326. The molecule has 0 heterocycles. The molecule has 0 fully saturated rings. The molecule has 1 aromatic carbocycles. The number of rotatable bonds is 2. The van der Waals surface area contributed by atoms with Gasteiger partial charge in [-0.15, -0.1) is 0 Å². The van der Waals surface area contributed by atoms with Crippen molar-refractivity contribution in [2.45, 2.75) is 25.4 Å². The largest absolute Gasteiger partial charge is 0.388 e. The van der Waals surface area contributed by atoms with E-state index in [1.54, 1.807) is 0 Å². The summed E-state index contributed by atoms with van der Waals surface area (Å²) in [7, 11) is 0. The van der Waals surface area contributed by atoms with Gasteiger partial charge in [0.2, 0.25) is 0 Å². The molecule has 0 saturated heterocycles. The number of benzene rings is 1. The maximum atomic E-state index is 10.1. The Balaban J connectivity index is 2.11. The SMILES string of the molecule is O[C@@H](c1ccccc1)C1C=CCCC1. The standard InChI is InChI=1S/C13H16O/c14-13(11-7-3-1-4-8-11)12-9-5-2-6-10-12/h1,3-5,7-9,12-14H,2,6,10H2/t12?,13-/m0/s1. The molecule has 0 radical (unpaired) electrons. The van der Waals surface area contributed by atoms with Gasteiger partial charge in [-0.2, -0.15) is 0 Å². The molecule has 1 aliphatic rings. The lowest BCUT2D eigenvalue weighted by Gasteiger charge is -2.22. The average Bonchev–Trinajstić information content (AvgIpc) is 2.30. The molecule has 1 aromatic rings. The highest BCUT2D eigenvalue weighted by molar-refractivity contribution is 5.19. The van der Waals surface area contributed by atoms with Gasteiger partial charge in [-0.1, -0.05) is 42.5 Å². The van der Waals surface area contributed by atoms with Crippen LogP contribution in [-0.2, 0) is 0 Å². The first-order valence-corrected chi connectivity index (χ1v) is 5.27. The monoisotopic (exact) mass is 188 g/mol. The fourth-order valence-corrected chi connectivity index (χ4v) is 2.00. The number of allylic oxidation sites excluding steroid dienone is 1. The molecule has 0 bridgehead atoms. The lowest BCUT2D eigenvalue weighted by Crippen LogP contribution is -2.12. The first-order chi connectivity index (χ1) is 6.88. The molecule has 0 aliphatic heterocycles. The molecule has 2 atom stereocenters. The van der Waals surface area contributed by atoms with Crippen LogP contribution in [-0.4, -0.2) is 5.11 Å². The lowest BCUT2D eigenvalue weighted by atomic mass is 9.87. The molecule has 0 spiro atoms. The predicted octanol–water partition coefficient (Wildman–Crippen LogP) is 3.08. The van der Waals surface area contributed by atoms with Gasteiger partial charge in [-0.3, -0.25) is 0 Å². The zero-order valence-corrected chi connectivity index (χ0v) is 8.26. The maximum Gasteiger partial charge on any atom is 0.0852 e. The second-order valence-electron chi connectivity index (χ2n) is 3.88. The van der Waals surface area contributed by atoms with Crippen LogP contribution in [0.5, 0.6) is 0 Å². The number of hydrogen-bond acceptors (Lipinski definition) is 1. The first-order valence-electron chi connectivity index (χ1n) is 5.27. The third-order valence-electron chi connectivity index (χ3n) is 2.84. The molecule has 14 heavy (non-hydrogen) atoms. The van der Waals surface area contributed by atoms with Crippen molar-refractivity contribution in [3.05, 3.63) is 48.0 Å². The van der Waals surface area contributed by atoms with Crippen molar-refractivity contribution in [3.8, 4) is 0 Å². The molecule has 2 rings (SSSR count). The van der Waals surface area contributed by atoms with Gasteiger partial charge in [-0.05, 0) is 24.8 Å². The highest BCUT2D eigenvalue weighted by atomic mass is 16.3. The molecule has 1 aliphatic carbocycles. The van der Waals surface area contributed by atoms with Gasteiger partial charge in [0, 0.05) is 5.92 Å². The molecule has 1 unspecified atom stereocenters. The van der Waals surface area contributed by atoms with Crippen molar-refractivity contribution in [2.75, 3.05) is 0 Å². The minimum Gasteiger partial charge on any atom is -0.388 e. The average molecular weight is 188 g/mol. The summed E-state index contributed by atoms with van der Waals surface area (Å²) >= 11 is 0. The third-order valence-corrected chi connectivity index (χ3v) is 2.84. The number of aliphatic hydroxyl groups is 1. The van der Waals surface area contributed by atoms with E-state index in [0.717, 1.165) is 18.4 Å². The lowest BCUT2D eigenvalue weighted by molar-refractivity contribution is 0.123. The Morgan fingerprint density at radius 3 is 2.64 bits per heavy atom. The molecular weight excluding hydrogens is 172 g/mol. The normalized spacial score (nSPS) is 23.4. The second-order valence-corrected chi connectivity index (χ2v) is 3.88. The molecular formula is C13H16O. The quantitative estimate of drug-likeness (QED) is 0.707. The van der Waals surface area contributed by atoms with Gasteiger partial charge in [0.15, 0.2) is 0 Å². The van der Waals surface area contributed by atoms with Crippen LogP contribution < -0.4 is 0 Å². The van der Waals surface area contributed by atoms with Gasteiger partial charge in [0.05, 0.1) is 6.10 Å². The van der Waals surface area contributed by atoms with E-state index in [1.807, 2.05) is 30.3 Å². The summed E-state index contributed by atoms with van der Waals surface area (Å²) < 4.78 is 0. The maximum absolute atomic E-state index is 10.1. The zero-order valence-electron chi connectivity index (χ0n) is 8.26. The summed E-state index contributed by atoms with van der Waals surface area (Å²) in [5.41, 5.74) is 1.03. The fourth-order valence-electron chi connectivity index (χ4n) is 2.00. The third kappa shape index (κ3) is 2.05. The van der Waals surface area contributed by atoms with Crippen molar-refractivity contribution in [2.24, 2.45) is 5.92 Å².